The van der Waals surface area contributed by atoms with E-state index < -0.39 is 45.2 Å². The van der Waals surface area contributed by atoms with Crippen molar-refractivity contribution >= 4 is 44.3 Å². The third-order valence-electron chi connectivity index (χ3n) is 7.90. The van der Waals surface area contributed by atoms with Crippen LogP contribution >= 0.6 is 7.52 Å². The number of carbonyl (C=O) groups excluding carboxylic acids is 3. The molecule has 2 atom stereocenters. The van der Waals surface area contributed by atoms with Crippen LogP contribution in [0.5, 0.6) is 17.2 Å². The first-order chi connectivity index (χ1) is 23.8. The molecule has 264 valence electrons. The van der Waals surface area contributed by atoms with Gasteiger partial charge in [0.25, 0.3) is 11.8 Å². The number of halogens is 1. The van der Waals surface area contributed by atoms with E-state index in [0.717, 1.165) is 10.9 Å². The Hall–Kier alpha value is -4.58. The highest BCUT2D eigenvalue weighted by Gasteiger charge is 2.43. The Morgan fingerprint density at radius 2 is 1.60 bits per heavy atom. The largest absolute Gasteiger partial charge is 0.491 e. The summed E-state index contributed by atoms with van der Waals surface area (Å²) in [6.45, 7) is 9.92. The smallest absolute Gasteiger partial charge is 0.323 e. The maximum atomic E-state index is 14.2. The van der Waals surface area contributed by atoms with Gasteiger partial charge in [0.15, 0.2) is 5.75 Å². The molecule has 50 heavy (non-hydrogen) atoms. The van der Waals surface area contributed by atoms with Crippen molar-refractivity contribution in [3.63, 3.8) is 0 Å². The van der Waals surface area contributed by atoms with Crippen LogP contribution in [0.3, 0.4) is 0 Å². The van der Waals surface area contributed by atoms with Crippen LogP contribution in [0, 0.1) is 5.82 Å². The molecule has 2 heterocycles. The molecule has 0 saturated heterocycles. The number of benzene rings is 3. The summed E-state index contributed by atoms with van der Waals surface area (Å²) in [6, 6.07) is 17.3. The molecule has 0 fully saturated rings. The molecule has 2 unspecified atom stereocenters. The predicted octanol–water partition coefficient (Wildman–Crippen LogP) is 7.08. The zero-order valence-corrected chi connectivity index (χ0v) is 30.6. The van der Waals surface area contributed by atoms with Crippen LogP contribution in [-0.4, -0.2) is 67.8 Å². The third kappa shape index (κ3) is 8.58. The molecule has 4 aromatic rings. The van der Waals surface area contributed by atoms with E-state index in [4.69, 9.17) is 18.7 Å². The Balaban J connectivity index is 1.52. The fourth-order valence-electron chi connectivity index (χ4n) is 5.36. The number of esters is 1. The van der Waals surface area contributed by atoms with E-state index in [9.17, 15) is 23.3 Å². The van der Waals surface area contributed by atoms with Gasteiger partial charge in [-0.3, -0.25) is 28.8 Å². The van der Waals surface area contributed by atoms with Gasteiger partial charge in [-0.1, -0.05) is 50.0 Å². The first kappa shape index (κ1) is 36.7. The van der Waals surface area contributed by atoms with Crippen LogP contribution in [0.4, 0.5) is 4.39 Å². The maximum Gasteiger partial charge on any atom is 0.323 e. The summed E-state index contributed by atoms with van der Waals surface area (Å²) in [5.41, 5.74) is 0.895. The highest BCUT2D eigenvalue weighted by molar-refractivity contribution is 7.57. The first-order valence-electron chi connectivity index (χ1n) is 16.4. The molecule has 14 heteroatoms. The molecule has 1 aliphatic heterocycles. The highest BCUT2D eigenvalue weighted by Crippen LogP contribution is 2.47. The number of pyridine rings is 1. The molecule has 0 aliphatic carbocycles. The van der Waals surface area contributed by atoms with Gasteiger partial charge in [0.05, 0.1) is 38.1 Å². The normalized spacial score (nSPS) is 14.6. The fraction of sp³-hybridized carbons (Fsp3) is 0.333. The Labute approximate surface area is 291 Å². The van der Waals surface area contributed by atoms with Gasteiger partial charge in [-0.2, -0.15) is 0 Å². The molecule has 0 spiro atoms. The highest BCUT2D eigenvalue weighted by atomic mass is 31.2. The number of nitrogens with zero attached hydrogens (tertiary/aromatic N) is 2. The van der Waals surface area contributed by atoms with Crippen molar-refractivity contribution in [2.75, 3.05) is 26.0 Å². The van der Waals surface area contributed by atoms with Gasteiger partial charge in [-0.15, -0.1) is 0 Å². The van der Waals surface area contributed by atoms with Crippen molar-refractivity contribution in [3.8, 4) is 17.2 Å². The molecule has 0 radical (unpaired) electrons. The molecule has 1 aliphatic rings. The number of hydrogen-bond acceptors (Lipinski definition) is 9. The third-order valence-corrected chi connectivity index (χ3v) is 11.7. The minimum Gasteiger partial charge on any atom is -0.491 e. The van der Waals surface area contributed by atoms with Crippen LogP contribution in [0.15, 0.2) is 72.9 Å². The second kappa shape index (κ2) is 15.5. The average molecular weight is 722 g/mol. The Morgan fingerprint density at radius 1 is 0.940 bits per heavy atom. The van der Waals surface area contributed by atoms with Crippen molar-refractivity contribution in [1.82, 2.24) is 15.0 Å². The summed E-state index contributed by atoms with van der Waals surface area (Å²) in [6.07, 6.45) is 1.34. The van der Waals surface area contributed by atoms with Crippen LogP contribution in [0.1, 0.15) is 40.1 Å². The first-order valence-corrected chi connectivity index (χ1v) is 21.9. The van der Waals surface area contributed by atoms with Crippen LogP contribution in [0.25, 0.3) is 10.9 Å². The number of para-hydroxylation sites is 1. The number of hydrogen-bond donors (Lipinski definition) is 1. The summed E-state index contributed by atoms with van der Waals surface area (Å²) >= 11 is 0. The standard InChI is InChI=1S/C36H41FN3O8PSi/c1-6-45-36(43)24(2)39-49(44,48-27-11-8-7-9-12-27)21-19-46-32-28-13-10-18-38-31(28)33(47-20-22-50(3,4)5)30-29(32)34(41)40(35(30)42)23-25-14-16-26(37)17-15-25/h7-18,24H,6,19-23H2,1-5H3,(H,39,44). The van der Waals surface area contributed by atoms with E-state index in [1.165, 1.54) is 31.2 Å². The van der Waals surface area contributed by atoms with E-state index in [-0.39, 0.29) is 48.5 Å². The number of carbonyl (C=O) groups is 3. The zero-order valence-electron chi connectivity index (χ0n) is 28.7. The summed E-state index contributed by atoms with van der Waals surface area (Å²) < 4.78 is 51.5. The summed E-state index contributed by atoms with van der Waals surface area (Å²) in [7, 11) is -5.37. The molecule has 3 aromatic carbocycles. The van der Waals surface area contributed by atoms with Crippen LogP contribution < -0.4 is 19.1 Å². The predicted molar refractivity (Wildman–Crippen MR) is 190 cm³/mol. The van der Waals surface area contributed by atoms with Gasteiger partial charge in [-0.25, -0.2) is 9.48 Å². The lowest BCUT2D eigenvalue weighted by Gasteiger charge is -2.24. The van der Waals surface area contributed by atoms with Crippen molar-refractivity contribution < 1.29 is 42.1 Å². The number of ether oxygens (including phenoxy) is 3. The molecule has 5 rings (SSSR count). The summed E-state index contributed by atoms with van der Waals surface area (Å²) in [5.74, 6) is -1.70. The van der Waals surface area contributed by atoms with Crippen molar-refractivity contribution in [3.05, 3.63) is 95.4 Å². The molecular weight excluding hydrogens is 680 g/mol. The molecule has 1 aromatic heterocycles. The molecule has 11 nitrogen and oxygen atoms in total. The quantitative estimate of drug-likeness (QED) is 0.0554. The van der Waals surface area contributed by atoms with E-state index in [1.807, 2.05) is 0 Å². The molecule has 1 N–H and O–H groups in total. The minimum absolute atomic E-state index is 0.00715. The van der Waals surface area contributed by atoms with Crippen molar-refractivity contribution in [2.45, 2.75) is 52.1 Å². The van der Waals surface area contributed by atoms with Crippen LogP contribution in [0.2, 0.25) is 25.7 Å². The minimum atomic E-state index is -3.83. The van der Waals surface area contributed by atoms with Gasteiger partial charge >= 0.3 is 13.5 Å². The van der Waals surface area contributed by atoms with Gasteiger partial charge in [0.2, 0.25) is 0 Å². The van der Waals surface area contributed by atoms with E-state index >= 15 is 0 Å². The number of aromatic nitrogens is 1. The number of imide groups is 1. The number of rotatable bonds is 16. The lowest BCUT2D eigenvalue weighted by molar-refractivity contribution is -0.144. The topological polar surface area (TPSA) is 133 Å². The Morgan fingerprint density at radius 3 is 2.26 bits per heavy atom. The average Bonchev–Trinajstić information content (AvgIpc) is 3.31. The van der Waals surface area contributed by atoms with Gasteiger partial charge < -0.3 is 18.7 Å². The SMILES string of the molecule is CCOC(=O)C(C)NP(=O)(CCOc1c2c(c(OCC[Si](C)(C)C)c3ncccc13)C(=O)N(Cc1ccc(F)cc1)C2=O)Oc1ccccc1. The second-order valence-electron chi connectivity index (χ2n) is 13.0. The molecule has 0 bridgehead atoms. The monoisotopic (exact) mass is 721 g/mol. The van der Waals surface area contributed by atoms with Crippen LogP contribution in [-0.2, 0) is 20.6 Å². The fourth-order valence-corrected chi connectivity index (χ4v) is 7.83. The molecule has 0 saturated carbocycles. The van der Waals surface area contributed by atoms with Crippen molar-refractivity contribution in [1.29, 1.82) is 0 Å². The number of amides is 2. The summed E-state index contributed by atoms with van der Waals surface area (Å²) in [4.78, 5) is 46.3. The lowest BCUT2D eigenvalue weighted by Crippen LogP contribution is -2.35. The Bertz CT molecular complexity index is 1920. The zero-order chi connectivity index (χ0) is 36.1. The van der Waals surface area contributed by atoms with E-state index in [2.05, 4.69) is 29.7 Å². The number of nitrogens with one attached hydrogen (secondary N) is 1. The summed E-state index contributed by atoms with van der Waals surface area (Å²) in [5, 5.41) is 3.22. The molecular formula is C36H41FN3O8PSi. The van der Waals surface area contributed by atoms with Gasteiger partial charge in [0, 0.05) is 19.7 Å². The maximum absolute atomic E-state index is 14.2. The Kier molecular flexibility index (Phi) is 11.4. The molecule has 2 amide bonds. The lowest BCUT2D eigenvalue weighted by atomic mass is 10.0. The van der Waals surface area contributed by atoms with E-state index in [0.29, 0.717) is 28.8 Å². The van der Waals surface area contributed by atoms with Gasteiger partial charge in [-0.05, 0) is 61.9 Å². The van der Waals surface area contributed by atoms with E-state index in [1.54, 1.807) is 55.6 Å². The second-order valence-corrected chi connectivity index (χ2v) is 20.9. The number of fused-ring (bicyclic) bond motifs is 2. The van der Waals surface area contributed by atoms with Crippen molar-refractivity contribution in [2.24, 2.45) is 0 Å². The van der Waals surface area contributed by atoms with Gasteiger partial charge in [0.1, 0.15) is 34.4 Å².